The van der Waals surface area contributed by atoms with Gasteiger partial charge in [0.2, 0.25) is 5.82 Å². The fraction of sp³-hybridized carbons (Fsp3) is 0.381. The minimum Gasteiger partial charge on any atom is -0.490 e. The maximum absolute atomic E-state index is 14.1. The molecule has 2 aromatic rings. The molecule has 1 heterocycles. The molecule has 0 spiro atoms. The molecule has 1 aromatic carbocycles. The number of halogens is 2. The maximum Gasteiger partial charge on any atom is 0.201 e. The Labute approximate surface area is 148 Å². The molecule has 25 heavy (non-hydrogen) atoms. The number of aryl methyl sites for hydroxylation is 1. The fourth-order valence-electron chi connectivity index (χ4n) is 2.31. The smallest absolute Gasteiger partial charge is 0.201 e. The van der Waals surface area contributed by atoms with Crippen molar-refractivity contribution in [2.75, 3.05) is 6.61 Å². The van der Waals surface area contributed by atoms with Crippen molar-refractivity contribution in [3.8, 4) is 17.6 Å². The summed E-state index contributed by atoms with van der Waals surface area (Å²) in [6.45, 7) is 4.41. The highest BCUT2D eigenvalue weighted by Gasteiger charge is 2.13. The molecular formula is C21H23F2NO. The summed E-state index contributed by atoms with van der Waals surface area (Å²) in [7, 11) is 0. The Kier molecular flexibility index (Phi) is 7.40. The quantitative estimate of drug-likeness (QED) is 0.504. The van der Waals surface area contributed by atoms with Gasteiger partial charge in [-0.1, -0.05) is 38.7 Å². The van der Waals surface area contributed by atoms with Gasteiger partial charge in [-0.25, -0.2) is 9.37 Å². The van der Waals surface area contributed by atoms with E-state index in [-0.39, 0.29) is 11.3 Å². The van der Waals surface area contributed by atoms with Gasteiger partial charge in [-0.2, -0.15) is 4.39 Å². The number of pyridine rings is 1. The summed E-state index contributed by atoms with van der Waals surface area (Å²) in [6.07, 6.45) is 7.03. The first kappa shape index (κ1) is 18.9. The van der Waals surface area contributed by atoms with Gasteiger partial charge in [0.1, 0.15) is 5.69 Å². The third kappa shape index (κ3) is 5.56. The Bertz CT molecular complexity index is 745. The number of aromatic nitrogens is 1. The van der Waals surface area contributed by atoms with Crippen LogP contribution in [0, 0.1) is 23.5 Å². The van der Waals surface area contributed by atoms with E-state index in [4.69, 9.17) is 4.74 Å². The molecule has 0 bridgehead atoms. The molecule has 0 aliphatic carbocycles. The van der Waals surface area contributed by atoms with Gasteiger partial charge in [-0.3, -0.25) is 0 Å². The zero-order valence-corrected chi connectivity index (χ0v) is 14.7. The van der Waals surface area contributed by atoms with Crippen LogP contribution < -0.4 is 4.74 Å². The highest BCUT2D eigenvalue weighted by atomic mass is 19.2. The molecule has 0 aliphatic heterocycles. The molecule has 2 nitrogen and oxygen atoms in total. The van der Waals surface area contributed by atoms with Crippen molar-refractivity contribution >= 4 is 0 Å². The highest BCUT2D eigenvalue weighted by molar-refractivity contribution is 5.44. The lowest BCUT2D eigenvalue weighted by Crippen LogP contribution is -2.00. The molecule has 0 fully saturated rings. The van der Waals surface area contributed by atoms with Gasteiger partial charge in [0.15, 0.2) is 11.6 Å². The van der Waals surface area contributed by atoms with Gasteiger partial charge in [-0.15, -0.1) is 0 Å². The molecule has 1 aromatic heterocycles. The van der Waals surface area contributed by atoms with Crippen molar-refractivity contribution in [3.05, 3.63) is 58.9 Å². The molecular weight excluding hydrogens is 320 g/mol. The molecule has 2 rings (SSSR count). The van der Waals surface area contributed by atoms with Crippen LogP contribution in [0.15, 0.2) is 30.5 Å². The van der Waals surface area contributed by atoms with Gasteiger partial charge in [0.25, 0.3) is 0 Å². The summed E-state index contributed by atoms with van der Waals surface area (Å²) in [4.78, 5) is 4.27. The minimum atomic E-state index is -1.00. The Morgan fingerprint density at radius 1 is 0.960 bits per heavy atom. The zero-order valence-electron chi connectivity index (χ0n) is 14.7. The number of benzene rings is 1. The SMILES string of the molecule is CCCCCc1ccc(C#Cc2ccc(OCCC)c(F)c2F)nc1. The van der Waals surface area contributed by atoms with E-state index in [2.05, 4.69) is 23.7 Å². The summed E-state index contributed by atoms with van der Waals surface area (Å²) in [5.74, 6) is 3.35. The van der Waals surface area contributed by atoms with Crippen molar-refractivity contribution in [3.63, 3.8) is 0 Å². The van der Waals surface area contributed by atoms with Crippen LogP contribution in [0.5, 0.6) is 5.75 Å². The summed E-state index contributed by atoms with van der Waals surface area (Å²) < 4.78 is 33.1. The lowest BCUT2D eigenvalue weighted by Gasteiger charge is -2.06. The Balaban J connectivity index is 2.08. The number of hydrogen-bond donors (Lipinski definition) is 0. The number of nitrogens with zero attached hydrogens (tertiary/aromatic N) is 1. The normalized spacial score (nSPS) is 10.2. The summed E-state index contributed by atoms with van der Waals surface area (Å²) in [6, 6.07) is 6.62. The fourth-order valence-corrected chi connectivity index (χ4v) is 2.31. The Morgan fingerprint density at radius 3 is 2.48 bits per heavy atom. The molecule has 0 unspecified atom stereocenters. The number of hydrogen-bond acceptors (Lipinski definition) is 2. The molecule has 0 atom stereocenters. The second-order valence-electron chi connectivity index (χ2n) is 5.85. The van der Waals surface area contributed by atoms with Gasteiger partial charge in [-0.05, 0) is 48.9 Å². The average molecular weight is 343 g/mol. The third-order valence-corrected chi connectivity index (χ3v) is 3.73. The van der Waals surface area contributed by atoms with Gasteiger partial charge in [0.05, 0.1) is 12.2 Å². The number of unbranched alkanes of at least 4 members (excludes halogenated alkanes) is 2. The lowest BCUT2D eigenvalue weighted by molar-refractivity contribution is 0.295. The third-order valence-electron chi connectivity index (χ3n) is 3.73. The molecule has 0 saturated heterocycles. The van der Waals surface area contributed by atoms with E-state index in [9.17, 15) is 8.78 Å². The van der Waals surface area contributed by atoms with Crippen LogP contribution in [0.4, 0.5) is 8.78 Å². The van der Waals surface area contributed by atoms with E-state index < -0.39 is 11.6 Å². The molecule has 0 radical (unpaired) electrons. The monoisotopic (exact) mass is 343 g/mol. The van der Waals surface area contributed by atoms with Crippen LogP contribution in [-0.4, -0.2) is 11.6 Å². The summed E-state index contributed by atoms with van der Waals surface area (Å²) >= 11 is 0. The summed E-state index contributed by atoms with van der Waals surface area (Å²) in [5.41, 5.74) is 1.69. The van der Waals surface area contributed by atoms with E-state index in [0.29, 0.717) is 12.3 Å². The first-order valence-electron chi connectivity index (χ1n) is 8.73. The Hall–Kier alpha value is -2.41. The first-order chi connectivity index (χ1) is 12.2. The Morgan fingerprint density at radius 2 is 1.80 bits per heavy atom. The standard InChI is InChI=1S/C21H23F2NO/c1-3-5-6-7-16-8-11-18(24-15-16)12-9-17-10-13-19(25-14-4-2)21(23)20(17)22/h8,10-11,13,15H,3-7,14H2,1-2H3. The van der Waals surface area contributed by atoms with Crippen molar-refractivity contribution < 1.29 is 13.5 Å². The van der Waals surface area contributed by atoms with E-state index in [0.717, 1.165) is 24.8 Å². The molecule has 0 aliphatic rings. The number of ether oxygens (including phenoxy) is 1. The van der Waals surface area contributed by atoms with E-state index >= 15 is 0 Å². The lowest BCUT2D eigenvalue weighted by atomic mass is 10.1. The second-order valence-corrected chi connectivity index (χ2v) is 5.85. The van der Waals surface area contributed by atoms with Crippen LogP contribution in [0.3, 0.4) is 0 Å². The van der Waals surface area contributed by atoms with Crippen molar-refractivity contribution in [1.29, 1.82) is 0 Å². The van der Waals surface area contributed by atoms with E-state index in [1.807, 2.05) is 13.0 Å². The predicted molar refractivity (Wildman–Crippen MR) is 95.6 cm³/mol. The predicted octanol–water partition coefficient (Wildman–Crippen LogP) is 5.28. The zero-order chi connectivity index (χ0) is 18.1. The van der Waals surface area contributed by atoms with Gasteiger partial charge in [0, 0.05) is 6.20 Å². The molecule has 0 N–H and O–H groups in total. The van der Waals surface area contributed by atoms with Crippen molar-refractivity contribution in [2.24, 2.45) is 0 Å². The highest BCUT2D eigenvalue weighted by Crippen LogP contribution is 2.22. The molecule has 0 saturated carbocycles. The summed E-state index contributed by atoms with van der Waals surface area (Å²) in [5, 5.41) is 0. The average Bonchev–Trinajstić information content (AvgIpc) is 2.63. The van der Waals surface area contributed by atoms with E-state index in [1.54, 1.807) is 12.3 Å². The second kappa shape index (κ2) is 9.78. The first-order valence-corrected chi connectivity index (χ1v) is 8.73. The van der Waals surface area contributed by atoms with Gasteiger partial charge >= 0.3 is 0 Å². The molecule has 4 heteroatoms. The van der Waals surface area contributed by atoms with E-state index in [1.165, 1.54) is 25.0 Å². The van der Waals surface area contributed by atoms with Crippen LogP contribution in [0.1, 0.15) is 56.4 Å². The van der Waals surface area contributed by atoms with Crippen LogP contribution in [-0.2, 0) is 6.42 Å². The van der Waals surface area contributed by atoms with Gasteiger partial charge < -0.3 is 4.74 Å². The van der Waals surface area contributed by atoms with Crippen molar-refractivity contribution in [1.82, 2.24) is 4.98 Å². The van der Waals surface area contributed by atoms with Crippen molar-refractivity contribution in [2.45, 2.75) is 46.0 Å². The van der Waals surface area contributed by atoms with Crippen LogP contribution in [0.25, 0.3) is 0 Å². The minimum absolute atomic E-state index is 0.00447. The molecule has 0 amide bonds. The maximum atomic E-state index is 14.1. The largest absolute Gasteiger partial charge is 0.490 e. The number of rotatable bonds is 7. The van der Waals surface area contributed by atoms with Crippen LogP contribution in [0.2, 0.25) is 0 Å². The molecule has 132 valence electrons. The topological polar surface area (TPSA) is 22.1 Å². The van der Waals surface area contributed by atoms with Crippen LogP contribution >= 0.6 is 0 Å².